The molecule has 0 radical (unpaired) electrons. The molecule has 1 aromatic rings. The highest BCUT2D eigenvalue weighted by atomic mass is 16.5. The molecule has 9 nitrogen and oxygen atoms in total. The smallest absolute Gasteiger partial charge is 0.415 e. The average Bonchev–Trinajstić information content (AvgIpc) is 3.33. The van der Waals surface area contributed by atoms with Gasteiger partial charge in [-0.15, -0.1) is 0 Å². The Balaban J connectivity index is 1.57. The third-order valence-corrected chi connectivity index (χ3v) is 4.88. The maximum Gasteiger partial charge on any atom is 0.415 e. The normalized spacial score (nSPS) is 21.4. The molecular formula is C19H20N2O7. The van der Waals surface area contributed by atoms with E-state index in [1.807, 2.05) is 30.3 Å². The molecule has 0 unspecified atom stereocenters. The summed E-state index contributed by atoms with van der Waals surface area (Å²) < 4.78 is 5.19. The van der Waals surface area contributed by atoms with E-state index in [2.05, 4.69) is 5.32 Å². The molecule has 1 atom stereocenters. The van der Waals surface area contributed by atoms with Gasteiger partial charge in [0, 0.05) is 17.5 Å². The molecule has 1 aliphatic heterocycles. The predicted molar refractivity (Wildman–Crippen MR) is 95.3 cm³/mol. The summed E-state index contributed by atoms with van der Waals surface area (Å²) in [7, 11) is 0. The van der Waals surface area contributed by atoms with Gasteiger partial charge < -0.3 is 20.3 Å². The first-order valence-electron chi connectivity index (χ1n) is 8.78. The van der Waals surface area contributed by atoms with E-state index in [0.29, 0.717) is 24.2 Å². The van der Waals surface area contributed by atoms with Gasteiger partial charge in [-0.3, -0.25) is 4.79 Å². The SMILES string of the molecule is O=C(NC1(C/C=C2\C[C@@H](C(=O)O)N(C(=O)O)C2=O)CC1)OCc1ccccc1. The van der Waals surface area contributed by atoms with Gasteiger partial charge >= 0.3 is 18.2 Å². The van der Waals surface area contributed by atoms with Crippen molar-refractivity contribution in [1.29, 1.82) is 0 Å². The summed E-state index contributed by atoms with van der Waals surface area (Å²) in [5, 5.41) is 21.0. The van der Waals surface area contributed by atoms with Gasteiger partial charge in [0.2, 0.25) is 0 Å². The summed E-state index contributed by atoms with van der Waals surface area (Å²) in [5.74, 6) is -2.20. The van der Waals surface area contributed by atoms with Crippen LogP contribution in [0.3, 0.4) is 0 Å². The standard InChI is InChI=1S/C19H20N2O7/c22-15-13(10-14(16(23)24)21(15)18(26)27)6-7-19(8-9-19)20-17(25)28-11-12-4-2-1-3-5-12/h1-6,14H,7-11H2,(H,20,25)(H,23,24)(H,26,27)/b13-6+/t14-/m0/s1. The first-order chi connectivity index (χ1) is 13.3. The van der Waals surface area contributed by atoms with Gasteiger partial charge in [0.15, 0.2) is 0 Å². The van der Waals surface area contributed by atoms with Crippen LogP contribution in [0.1, 0.15) is 31.2 Å². The number of ether oxygens (including phenoxy) is 1. The Labute approximate surface area is 160 Å². The van der Waals surface area contributed by atoms with E-state index in [-0.39, 0.29) is 18.6 Å². The number of aliphatic carboxylic acids is 1. The number of nitrogens with one attached hydrogen (secondary N) is 1. The van der Waals surface area contributed by atoms with E-state index in [1.54, 1.807) is 0 Å². The maximum absolute atomic E-state index is 12.2. The average molecular weight is 388 g/mol. The molecule has 3 N–H and O–H groups in total. The minimum absolute atomic E-state index is 0.125. The minimum Gasteiger partial charge on any atom is -0.480 e. The zero-order valence-corrected chi connectivity index (χ0v) is 15.0. The molecule has 1 aromatic carbocycles. The Morgan fingerprint density at radius 3 is 2.43 bits per heavy atom. The van der Waals surface area contributed by atoms with Gasteiger partial charge in [0.25, 0.3) is 5.91 Å². The number of carboxylic acid groups (broad SMARTS) is 2. The highest BCUT2D eigenvalue weighted by molar-refractivity contribution is 6.08. The van der Waals surface area contributed by atoms with Gasteiger partial charge in [-0.25, -0.2) is 19.3 Å². The molecule has 0 spiro atoms. The number of imide groups is 1. The summed E-state index contributed by atoms with van der Waals surface area (Å²) in [4.78, 5) is 46.9. The van der Waals surface area contributed by atoms with Crippen molar-refractivity contribution >= 4 is 24.1 Å². The number of benzene rings is 1. The van der Waals surface area contributed by atoms with Crippen LogP contribution in [0, 0.1) is 0 Å². The topological polar surface area (TPSA) is 133 Å². The fourth-order valence-corrected chi connectivity index (χ4v) is 3.10. The van der Waals surface area contributed by atoms with E-state index in [4.69, 9.17) is 14.9 Å². The molecular weight excluding hydrogens is 368 g/mol. The van der Waals surface area contributed by atoms with Gasteiger partial charge in [-0.2, -0.15) is 0 Å². The van der Waals surface area contributed by atoms with Gasteiger partial charge in [0.1, 0.15) is 12.6 Å². The second-order valence-electron chi connectivity index (χ2n) is 6.92. The highest BCUT2D eigenvalue weighted by Gasteiger charge is 2.46. The number of carbonyl (C=O) groups is 4. The molecule has 1 aliphatic carbocycles. The third kappa shape index (κ3) is 4.30. The fraction of sp³-hybridized carbons (Fsp3) is 0.368. The Morgan fingerprint density at radius 1 is 1.21 bits per heavy atom. The third-order valence-electron chi connectivity index (χ3n) is 4.88. The monoisotopic (exact) mass is 388 g/mol. The first kappa shape index (κ1) is 19.4. The second-order valence-corrected chi connectivity index (χ2v) is 6.92. The van der Waals surface area contributed by atoms with Crippen LogP contribution in [0.5, 0.6) is 0 Å². The lowest BCUT2D eigenvalue weighted by Gasteiger charge is -2.16. The van der Waals surface area contributed by atoms with E-state index in [9.17, 15) is 19.2 Å². The maximum atomic E-state index is 12.2. The lowest BCUT2D eigenvalue weighted by Crippen LogP contribution is -2.42. The molecule has 0 aromatic heterocycles. The number of hydrogen-bond donors (Lipinski definition) is 3. The fourth-order valence-electron chi connectivity index (χ4n) is 3.10. The lowest BCUT2D eigenvalue weighted by atomic mass is 10.1. The number of likely N-dealkylation sites (tertiary alicyclic amines) is 1. The molecule has 2 aliphatic rings. The van der Waals surface area contributed by atoms with Crippen molar-refractivity contribution in [3.63, 3.8) is 0 Å². The van der Waals surface area contributed by atoms with E-state index >= 15 is 0 Å². The van der Waals surface area contributed by atoms with Crippen LogP contribution in [0.25, 0.3) is 0 Å². The molecule has 9 heteroatoms. The van der Waals surface area contributed by atoms with Crippen molar-refractivity contribution < 1.29 is 34.1 Å². The largest absolute Gasteiger partial charge is 0.480 e. The van der Waals surface area contributed by atoms with Crippen LogP contribution < -0.4 is 5.32 Å². The summed E-state index contributed by atoms with van der Waals surface area (Å²) in [6.45, 7) is 0.135. The Bertz CT molecular complexity index is 830. The van der Waals surface area contributed by atoms with E-state index in [1.165, 1.54) is 6.08 Å². The molecule has 1 heterocycles. The van der Waals surface area contributed by atoms with E-state index < -0.39 is 35.6 Å². The van der Waals surface area contributed by atoms with Gasteiger partial charge in [-0.1, -0.05) is 36.4 Å². The molecule has 148 valence electrons. The molecule has 1 saturated carbocycles. The number of carboxylic acids is 1. The van der Waals surface area contributed by atoms with Gasteiger partial charge in [-0.05, 0) is 24.8 Å². The first-order valence-corrected chi connectivity index (χ1v) is 8.78. The zero-order chi connectivity index (χ0) is 20.3. The molecule has 0 bridgehead atoms. The van der Waals surface area contributed by atoms with Crippen LogP contribution in [0.15, 0.2) is 42.0 Å². The van der Waals surface area contributed by atoms with E-state index in [0.717, 1.165) is 5.56 Å². The summed E-state index contributed by atoms with van der Waals surface area (Å²) in [6, 6.07) is 7.80. The van der Waals surface area contributed by atoms with Crippen molar-refractivity contribution in [2.24, 2.45) is 0 Å². The Morgan fingerprint density at radius 2 is 1.89 bits per heavy atom. The number of rotatable bonds is 6. The molecule has 3 amide bonds. The van der Waals surface area contributed by atoms with Crippen molar-refractivity contribution in [2.45, 2.75) is 43.9 Å². The van der Waals surface area contributed by atoms with Crippen molar-refractivity contribution in [3.8, 4) is 0 Å². The molecule has 1 saturated heterocycles. The lowest BCUT2D eigenvalue weighted by molar-refractivity contribution is -0.144. The molecule has 28 heavy (non-hydrogen) atoms. The number of alkyl carbamates (subject to hydrolysis) is 1. The van der Waals surface area contributed by atoms with Crippen LogP contribution in [-0.2, 0) is 20.9 Å². The summed E-state index contributed by atoms with van der Waals surface area (Å²) >= 11 is 0. The molecule has 2 fully saturated rings. The predicted octanol–water partition coefficient (Wildman–Crippen LogP) is 2.13. The quantitative estimate of drug-likeness (QED) is 0.636. The summed E-state index contributed by atoms with van der Waals surface area (Å²) in [5.41, 5.74) is 0.436. The van der Waals surface area contributed by atoms with Crippen molar-refractivity contribution in [3.05, 3.63) is 47.5 Å². The summed E-state index contributed by atoms with van der Waals surface area (Å²) in [6.07, 6.45) is 0.847. The molecule has 3 rings (SSSR count). The Hall–Kier alpha value is -3.36. The van der Waals surface area contributed by atoms with Crippen LogP contribution in [-0.4, -0.2) is 50.8 Å². The van der Waals surface area contributed by atoms with Crippen molar-refractivity contribution in [2.75, 3.05) is 0 Å². The number of hydrogen-bond acceptors (Lipinski definition) is 5. The second kappa shape index (κ2) is 7.71. The Kier molecular flexibility index (Phi) is 5.34. The minimum atomic E-state index is -1.59. The number of amides is 3. The van der Waals surface area contributed by atoms with Crippen LogP contribution >= 0.6 is 0 Å². The van der Waals surface area contributed by atoms with Crippen LogP contribution in [0.2, 0.25) is 0 Å². The van der Waals surface area contributed by atoms with Crippen LogP contribution in [0.4, 0.5) is 9.59 Å². The highest BCUT2D eigenvalue weighted by Crippen LogP contribution is 2.40. The zero-order valence-electron chi connectivity index (χ0n) is 15.0. The van der Waals surface area contributed by atoms with Gasteiger partial charge in [0.05, 0.1) is 0 Å². The van der Waals surface area contributed by atoms with Crippen molar-refractivity contribution in [1.82, 2.24) is 10.2 Å². The number of carbonyl (C=O) groups excluding carboxylic acids is 2. The number of nitrogens with zero attached hydrogens (tertiary/aromatic N) is 1.